The van der Waals surface area contributed by atoms with Crippen molar-refractivity contribution in [3.8, 4) is 83.4 Å². The minimum Gasteiger partial charge on any atom is -0.790 e. The van der Waals surface area contributed by atoms with Crippen LogP contribution in [0.3, 0.4) is 0 Å². The molecule has 1 atom stereocenters. The third-order valence-electron chi connectivity index (χ3n) is 4.46. The summed E-state index contributed by atoms with van der Waals surface area (Å²) in [5.41, 5.74) is 0. The zero-order valence-corrected chi connectivity index (χ0v) is 28.7. The van der Waals surface area contributed by atoms with Gasteiger partial charge in [0.25, 0.3) is 0 Å². The van der Waals surface area contributed by atoms with Crippen molar-refractivity contribution < 1.29 is 97.1 Å². The van der Waals surface area contributed by atoms with Crippen LogP contribution in [0.4, 0.5) is 0 Å². The third-order valence-corrected chi connectivity index (χ3v) is 4.93. The van der Waals surface area contributed by atoms with Crippen molar-refractivity contribution in [2.45, 2.75) is 77.2 Å². The number of esters is 2. The Morgan fingerprint density at radius 1 is 0.732 bits per heavy atom. The van der Waals surface area contributed by atoms with E-state index in [4.69, 9.17) is 15.9 Å². The number of rotatable bonds is 16. The smallest absolute Gasteiger partial charge is 0.790 e. The molecule has 0 radical (unpaired) electrons. The molecule has 0 amide bonds. The molecule has 0 heterocycles. The molecule has 0 fully saturated rings. The van der Waals surface area contributed by atoms with Gasteiger partial charge in [-0.3, -0.25) is 4.79 Å². The van der Waals surface area contributed by atoms with Crippen molar-refractivity contribution in [2.24, 2.45) is 0 Å². The summed E-state index contributed by atoms with van der Waals surface area (Å²) in [5.74, 6) is 28.3. The average molecular weight is 595 g/mol. The second-order valence-electron chi connectivity index (χ2n) is 7.68. The average Bonchev–Trinajstić information content (AvgIpc) is 2.89. The molecule has 0 aliphatic carbocycles. The summed E-state index contributed by atoms with van der Waals surface area (Å²) < 4.78 is 24.9. The minimum atomic E-state index is -5.32. The second kappa shape index (κ2) is 30.9. The quantitative estimate of drug-likeness (QED) is 0.0441. The number of hydrogen-bond donors (Lipinski definition) is 0. The fraction of sp³-hybridized carbons (Fsp3) is 0.467. The Morgan fingerprint density at radius 2 is 1.20 bits per heavy atom. The maximum Gasteiger partial charge on any atom is 1.00 e. The Kier molecular flexibility index (Phi) is 32.7. The van der Waals surface area contributed by atoms with E-state index in [-0.39, 0.29) is 65.5 Å². The Labute approximate surface area is 288 Å². The number of hydrogen-bond acceptors (Lipinski definition) is 8. The van der Waals surface area contributed by atoms with Crippen molar-refractivity contribution in [2.75, 3.05) is 13.2 Å². The van der Waals surface area contributed by atoms with Crippen molar-refractivity contribution >= 4 is 19.8 Å². The molecule has 8 nitrogen and oxygen atoms in total. The van der Waals surface area contributed by atoms with Crippen molar-refractivity contribution in [3.63, 3.8) is 0 Å². The van der Waals surface area contributed by atoms with Crippen LogP contribution in [0.15, 0.2) is 0 Å². The molecule has 0 unspecified atom stereocenters. The van der Waals surface area contributed by atoms with Crippen LogP contribution >= 0.6 is 7.82 Å². The van der Waals surface area contributed by atoms with Gasteiger partial charge in [0.2, 0.25) is 0 Å². The van der Waals surface area contributed by atoms with E-state index in [2.05, 4.69) is 88.4 Å². The van der Waals surface area contributed by atoms with E-state index in [1.54, 1.807) is 0 Å². The second-order valence-corrected chi connectivity index (χ2v) is 8.83. The van der Waals surface area contributed by atoms with E-state index in [9.17, 15) is 23.9 Å². The van der Waals surface area contributed by atoms with Crippen LogP contribution in [0.2, 0.25) is 0 Å². The minimum absolute atomic E-state index is 0. The van der Waals surface area contributed by atoms with Gasteiger partial charge in [-0.2, -0.15) is 0 Å². The number of phosphoric ester groups is 1. The monoisotopic (exact) mass is 594 g/mol. The molecule has 0 saturated heterocycles. The Balaban J connectivity index is -0.00000722. The fourth-order valence-electron chi connectivity index (χ4n) is 2.72. The number of terminal acetylenes is 1. The Morgan fingerprint density at radius 3 is 1.68 bits per heavy atom. The molecule has 0 aromatic carbocycles. The van der Waals surface area contributed by atoms with Crippen molar-refractivity contribution in [1.29, 1.82) is 0 Å². The maximum atomic E-state index is 12.1. The van der Waals surface area contributed by atoms with Gasteiger partial charge in [0.15, 0.2) is 6.10 Å². The van der Waals surface area contributed by atoms with E-state index in [0.717, 1.165) is 25.7 Å². The fourth-order valence-corrected chi connectivity index (χ4v) is 3.07. The molecular formula is C30H29Na2O8P. The van der Waals surface area contributed by atoms with Gasteiger partial charge < -0.3 is 28.3 Å². The van der Waals surface area contributed by atoms with Crippen LogP contribution in [0.1, 0.15) is 71.1 Å². The van der Waals surface area contributed by atoms with Crippen LogP contribution in [0.25, 0.3) is 0 Å². The van der Waals surface area contributed by atoms with E-state index >= 15 is 0 Å². The van der Waals surface area contributed by atoms with Crippen LogP contribution in [-0.4, -0.2) is 31.3 Å². The SMILES string of the molecule is C#CC#CC#CC#CC#CC#CC#CC(=O)OC[C@H](COP(=O)([O-])[O-])OC(=O)CCCCCCCCCCC.[Na+].[Na+]. The third kappa shape index (κ3) is 34.1. The number of unbranched alkanes of at least 4 members (excludes halogenated alkanes) is 8. The molecule has 204 valence electrons. The first-order valence-corrected chi connectivity index (χ1v) is 13.7. The largest absolute Gasteiger partial charge is 1.00 e. The molecule has 0 N–H and O–H groups in total. The van der Waals surface area contributed by atoms with Gasteiger partial charge >= 0.3 is 71.1 Å². The van der Waals surface area contributed by atoms with Gasteiger partial charge in [-0.1, -0.05) is 58.3 Å². The molecule has 0 saturated carbocycles. The van der Waals surface area contributed by atoms with Crippen molar-refractivity contribution in [3.05, 3.63) is 0 Å². The topological polar surface area (TPSA) is 125 Å². The zero-order valence-electron chi connectivity index (χ0n) is 23.9. The zero-order chi connectivity index (χ0) is 29.0. The van der Waals surface area contributed by atoms with Crippen LogP contribution < -0.4 is 68.9 Å². The Bertz CT molecular complexity index is 1260. The molecule has 0 aliphatic heterocycles. The molecule has 41 heavy (non-hydrogen) atoms. The summed E-state index contributed by atoms with van der Waals surface area (Å²) in [6.07, 6.45) is 13.3. The van der Waals surface area contributed by atoms with Crippen LogP contribution in [0.5, 0.6) is 0 Å². The van der Waals surface area contributed by atoms with Crippen LogP contribution in [-0.2, 0) is 28.2 Å². The molecule has 0 rings (SSSR count). The first kappa shape index (κ1) is 43.4. The maximum absolute atomic E-state index is 12.1. The van der Waals surface area contributed by atoms with Gasteiger partial charge in [0.1, 0.15) is 6.61 Å². The predicted molar refractivity (Wildman–Crippen MR) is 142 cm³/mol. The summed E-state index contributed by atoms with van der Waals surface area (Å²) in [6.45, 7) is 0.819. The van der Waals surface area contributed by atoms with Gasteiger partial charge in [-0.25, -0.2) is 4.79 Å². The first-order valence-electron chi connectivity index (χ1n) is 12.3. The predicted octanol–water partition coefficient (Wildman–Crippen LogP) is -4.13. The van der Waals surface area contributed by atoms with E-state index in [0.29, 0.717) is 6.42 Å². The molecule has 0 aromatic heterocycles. The van der Waals surface area contributed by atoms with Gasteiger partial charge in [0.05, 0.1) is 14.4 Å². The number of ether oxygens (including phenoxy) is 2. The normalized spacial score (nSPS) is 9.22. The first-order chi connectivity index (χ1) is 18.8. The summed E-state index contributed by atoms with van der Waals surface area (Å²) in [6, 6.07) is 0. The number of phosphoric acid groups is 1. The molecule has 11 heteroatoms. The molecular weight excluding hydrogens is 565 g/mol. The summed E-state index contributed by atoms with van der Waals surface area (Å²) in [4.78, 5) is 45.4. The summed E-state index contributed by atoms with van der Waals surface area (Å²) >= 11 is 0. The summed E-state index contributed by atoms with van der Waals surface area (Å²) in [5, 5.41) is 0. The molecule has 0 bridgehead atoms. The van der Waals surface area contributed by atoms with Gasteiger partial charge in [0, 0.05) is 12.3 Å². The standard InChI is InChI=1S/C30H31O8P.2Na/c1-3-5-7-9-11-13-14-15-17-18-20-22-24-29(31)36-26-28(27-37-39(33,34)35)38-30(32)25-23-21-19-16-12-10-8-6-4-2;;/h1,28H,4,6,8,10,12,16,19,21,23,25-27H2,2H3,(H2,33,34,35);;/q;2*+1/p-2/t28-;;/m1../s1. The number of carbonyl (C=O) groups is 2. The van der Waals surface area contributed by atoms with Gasteiger partial charge in [-0.05, 0) is 77.5 Å². The molecule has 0 spiro atoms. The molecule has 0 aliphatic rings. The summed E-state index contributed by atoms with van der Waals surface area (Å²) in [7, 11) is -5.32. The van der Waals surface area contributed by atoms with Crippen molar-refractivity contribution in [1.82, 2.24) is 0 Å². The van der Waals surface area contributed by atoms with Gasteiger partial charge in [-0.15, -0.1) is 6.42 Å². The van der Waals surface area contributed by atoms with E-state index < -0.39 is 39.1 Å². The van der Waals surface area contributed by atoms with E-state index in [1.807, 2.05) is 0 Å². The number of carbonyl (C=O) groups excluding carboxylic acids is 2. The van der Waals surface area contributed by atoms with Crippen LogP contribution in [0, 0.1) is 83.4 Å². The van der Waals surface area contributed by atoms with E-state index in [1.165, 1.54) is 25.7 Å². The molecule has 0 aromatic rings. The Hall–Kier alpha value is -2.03.